The summed E-state index contributed by atoms with van der Waals surface area (Å²) in [7, 11) is 0. The second-order valence-electron chi connectivity index (χ2n) is 10.6. The van der Waals surface area contributed by atoms with Crippen molar-refractivity contribution in [1.82, 2.24) is 28.7 Å². The van der Waals surface area contributed by atoms with Crippen LogP contribution in [0.2, 0.25) is 0 Å². The zero-order valence-corrected chi connectivity index (χ0v) is 25.4. The summed E-state index contributed by atoms with van der Waals surface area (Å²) >= 11 is 0. The molecule has 2 fully saturated rings. The molecule has 0 N–H and O–H groups in total. The molecule has 4 aromatic rings. The predicted molar refractivity (Wildman–Crippen MR) is 164 cm³/mol. The standard InChI is InChI=1S/C30H36N6O5.C2H6/c1-2-34-27-25(29(37)35(30(34)38)16-8-18-40-23-11-6-7-17-39-23)36(19-21-9-4-3-5-10-21)26(33-27)24-28(32-15-14-31-24)41-20-22-12-13-22;1-2/h3-5,9-10,14-15,22-23H,2,6-8,11-13,16-20H2,1H3;1-2H3. The number of ether oxygens (including phenoxy) is 3. The quantitative estimate of drug-likeness (QED) is 0.219. The molecule has 6 rings (SSSR count). The summed E-state index contributed by atoms with van der Waals surface area (Å²) in [5.74, 6) is 1.34. The van der Waals surface area contributed by atoms with Crippen LogP contribution < -0.4 is 16.0 Å². The van der Waals surface area contributed by atoms with E-state index in [9.17, 15) is 9.59 Å². The molecule has 2 aliphatic rings. The van der Waals surface area contributed by atoms with Gasteiger partial charge in [0.15, 0.2) is 29.0 Å². The Labute approximate surface area is 251 Å². The topological polar surface area (TPSA) is 115 Å². The van der Waals surface area contributed by atoms with Crippen molar-refractivity contribution in [2.24, 2.45) is 5.92 Å². The maximum absolute atomic E-state index is 14.0. The molecule has 0 spiro atoms. The minimum Gasteiger partial charge on any atom is -0.476 e. The van der Waals surface area contributed by atoms with E-state index in [2.05, 4.69) is 9.97 Å². The van der Waals surface area contributed by atoms with Crippen LogP contribution in [0.3, 0.4) is 0 Å². The number of aromatic nitrogens is 6. The van der Waals surface area contributed by atoms with Crippen molar-refractivity contribution in [2.75, 3.05) is 19.8 Å². The molecule has 0 amide bonds. The summed E-state index contributed by atoms with van der Waals surface area (Å²) in [6.45, 7) is 8.49. The normalized spacial score (nSPS) is 16.6. The molecule has 11 nitrogen and oxygen atoms in total. The third-order valence-corrected chi connectivity index (χ3v) is 7.61. The Kier molecular flexibility index (Phi) is 10.4. The smallest absolute Gasteiger partial charge is 0.332 e. The van der Waals surface area contributed by atoms with Crippen molar-refractivity contribution in [2.45, 2.75) is 85.2 Å². The highest BCUT2D eigenvalue weighted by molar-refractivity contribution is 5.77. The van der Waals surface area contributed by atoms with E-state index in [0.717, 1.165) is 37.7 Å². The van der Waals surface area contributed by atoms with E-state index < -0.39 is 0 Å². The van der Waals surface area contributed by atoms with E-state index in [1.54, 1.807) is 17.0 Å². The van der Waals surface area contributed by atoms with Crippen molar-refractivity contribution >= 4 is 11.2 Å². The second kappa shape index (κ2) is 14.6. The molecule has 1 saturated carbocycles. The number of nitrogens with zero attached hydrogens (tertiary/aromatic N) is 6. The maximum atomic E-state index is 14.0. The lowest BCUT2D eigenvalue weighted by Crippen LogP contribution is -2.40. The number of rotatable bonds is 12. The Morgan fingerprint density at radius 3 is 2.49 bits per heavy atom. The van der Waals surface area contributed by atoms with Crippen LogP contribution in [0.5, 0.6) is 5.88 Å². The summed E-state index contributed by atoms with van der Waals surface area (Å²) in [6, 6.07) is 9.85. The summed E-state index contributed by atoms with van der Waals surface area (Å²) in [5, 5.41) is 0. The summed E-state index contributed by atoms with van der Waals surface area (Å²) in [6.07, 6.45) is 8.75. The molecule has 11 heteroatoms. The Balaban J connectivity index is 0.00000180. The van der Waals surface area contributed by atoms with Crippen LogP contribution in [0.4, 0.5) is 0 Å². The lowest BCUT2D eigenvalue weighted by atomic mass is 10.2. The van der Waals surface area contributed by atoms with Crippen molar-refractivity contribution < 1.29 is 14.2 Å². The first-order valence-corrected chi connectivity index (χ1v) is 15.6. The van der Waals surface area contributed by atoms with Crippen LogP contribution in [0, 0.1) is 5.92 Å². The second-order valence-corrected chi connectivity index (χ2v) is 10.6. The lowest BCUT2D eigenvalue weighted by molar-refractivity contribution is -0.163. The van der Waals surface area contributed by atoms with Crippen LogP contribution in [-0.4, -0.2) is 54.8 Å². The van der Waals surface area contributed by atoms with E-state index in [-0.39, 0.29) is 24.1 Å². The number of aryl methyl sites for hydroxylation is 1. The van der Waals surface area contributed by atoms with E-state index >= 15 is 0 Å². The first-order chi connectivity index (χ1) is 21.1. The van der Waals surface area contributed by atoms with Crippen LogP contribution in [0.15, 0.2) is 52.3 Å². The zero-order valence-electron chi connectivity index (χ0n) is 25.4. The highest BCUT2D eigenvalue weighted by Gasteiger charge is 2.27. The van der Waals surface area contributed by atoms with E-state index in [4.69, 9.17) is 19.2 Å². The largest absolute Gasteiger partial charge is 0.476 e. The Bertz CT molecular complexity index is 1600. The van der Waals surface area contributed by atoms with Crippen LogP contribution in [0.25, 0.3) is 22.7 Å². The molecule has 1 unspecified atom stereocenters. The van der Waals surface area contributed by atoms with Gasteiger partial charge < -0.3 is 18.8 Å². The van der Waals surface area contributed by atoms with Gasteiger partial charge in [0.25, 0.3) is 5.56 Å². The average Bonchev–Trinajstić information content (AvgIpc) is 3.82. The molecular weight excluding hydrogens is 548 g/mol. The SMILES string of the molecule is CC.CCn1c(=O)n(CCCOC2CCCCO2)c(=O)c2c1nc(-c1nccnc1OCC1CC1)n2Cc1ccccc1. The molecule has 4 heterocycles. The van der Waals surface area contributed by atoms with Crippen LogP contribution in [-0.2, 0) is 29.1 Å². The highest BCUT2D eigenvalue weighted by atomic mass is 16.7. The van der Waals surface area contributed by atoms with Crippen molar-refractivity contribution in [3.63, 3.8) is 0 Å². The highest BCUT2D eigenvalue weighted by Crippen LogP contribution is 2.32. The first kappa shape index (κ1) is 30.6. The molecular formula is C32H42N6O5. The lowest BCUT2D eigenvalue weighted by Gasteiger charge is -2.22. The van der Waals surface area contributed by atoms with E-state index in [0.29, 0.717) is 73.8 Å². The van der Waals surface area contributed by atoms with Crippen molar-refractivity contribution in [3.05, 3.63) is 69.1 Å². The van der Waals surface area contributed by atoms with Crippen molar-refractivity contribution in [3.8, 4) is 17.4 Å². The molecule has 0 radical (unpaired) electrons. The van der Waals surface area contributed by atoms with Gasteiger partial charge in [-0.2, -0.15) is 0 Å². The molecule has 1 saturated heterocycles. The van der Waals surface area contributed by atoms with Gasteiger partial charge in [-0.1, -0.05) is 44.2 Å². The van der Waals surface area contributed by atoms with Gasteiger partial charge in [0.2, 0.25) is 5.88 Å². The number of benzene rings is 1. The summed E-state index contributed by atoms with van der Waals surface area (Å²) in [5.41, 5.74) is 1.33. The number of hydrogen-bond donors (Lipinski definition) is 0. The molecule has 3 aromatic heterocycles. The molecule has 1 aliphatic carbocycles. The predicted octanol–water partition coefficient (Wildman–Crippen LogP) is 4.63. The number of hydrogen-bond acceptors (Lipinski definition) is 8. The minimum atomic E-state index is -0.390. The molecule has 1 aliphatic heterocycles. The van der Waals surface area contributed by atoms with Gasteiger partial charge in [0, 0.05) is 38.6 Å². The Morgan fingerprint density at radius 2 is 1.77 bits per heavy atom. The van der Waals surface area contributed by atoms with Crippen LogP contribution in [0.1, 0.15) is 64.9 Å². The first-order valence-electron chi connectivity index (χ1n) is 15.6. The maximum Gasteiger partial charge on any atom is 0.332 e. The van der Waals surface area contributed by atoms with Gasteiger partial charge in [0.05, 0.1) is 13.2 Å². The third-order valence-electron chi connectivity index (χ3n) is 7.61. The van der Waals surface area contributed by atoms with Gasteiger partial charge >= 0.3 is 5.69 Å². The van der Waals surface area contributed by atoms with Crippen molar-refractivity contribution in [1.29, 1.82) is 0 Å². The number of fused-ring (bicyclic) bond motifs is 1. The van der Waals surface area contributed by atoms with E-state index in [1.807, 2.05) is 55.7 Å². The van der Waals surface area contributed by atoms with Gasteiger partial charge in [-0.25, -0.2) is 19.7 Å². The number of imidazole rings is 1. The van der Waals surface area contributed by atoms with Gasteiger partial charge in [-0.15, -0.1) is 0 Å². The third kappa shape index (κ3) is 7.05. The molecule has 230 valence electrons. The summed E-state index contributed by atoms with van der Waals surface area (Å²) < 4.78 is 22.3. The van der Waals surface area contributed by atoms with Gasteiger partial charge in [-0.3, -0.25) is 13.9 Å². The zero-order chi connectivity index (χ0) is 30.2. The van der Waals surface area contributed by atoms with Gasteiger partial charge in [0.1, 0.15) is 0 Å². The minimum absolute atomic E-state index is 0.214. The molecule has 0 bridgehead atoms. The fraction of sp³-hybridized carbons (Fsp3) is 0.531. The molecule has 43 heavy (non-hydrogen) atoms. The van der Waals surface area contributed by atoms with E-state index in [1.165, 1.54) is 4.57 Å². The monoisotopic (exact) mass is 590 g/mol. The average molecular weight is 591 g/mol. The van der Waals surface area contributed by atoms with Crippen LogP contribution >= 0.6 is 0 Å². The fourth-order valence-electron chi connectivity index (χ4n) is 5.22. The fourth-order valence-corrected chi connectivity index (χ4v) is 5.22. The molecule has 1 atom stereocenters. The Hall–Kier alpha value is -3.83. The Morgan fingerprint density at radius 1 is 0.977 bits per heavy atom. The summed E-state index contributed by atoms with van der Waals surface area (Å²) in [4.78, 5) is 41.5. The molecule has 1 aromatic carbocycles. The van der Waals surface area contributed by atoms with Gasteiger partial charge in [-0.05, 0) is 56.9 Å².